The summed E-state index contributed by atoms with van der Waals surface area (Å²) < 4.78 is 5.13. The second-order valence-corrected chi connectivity index (χ2v) is 7.81. The van der Waals surface area contributed by atoms with Gasteiger partial charge in [-0.25, -0.2) is 10.5 Å². The van der Waals surface area contributed by atoms with Crippen molar-refractivity contribution in [3.63, 3.8) is 0 Å². The topological polar surface area (TPSA) is 125 Å². The molecule has 9 nitrogen and oxygen atoms in total. The minimum absolute atomic E-state index is 0.150. The van der Waals surface area contributed by atoms with Gasteiger partial charge in [0.2, 0.25) is 5.91 Å². The quantitative estimate of drug-likeness (QED) is 0.320. The second-order valence-electron chi connectivity index (χ2n) is 6.72. The smallest absolute Gasteiger partial charge is 0.303 e. The van der Waals surface area contributed by atoms with E-state index in [1.165, 1.54) is 12.3 Å². The van der Waals surface area contributed by atoms with Crippen molar-refractivity contribution in [1.82, 2.24) is 15.4 Å². The van der Waals surface area contributed by atoms with Crippen LogP contribution < -0.4 is 10.8 Å². The monoisotopic (exact) mass is 438 g/mol. The van der Waals surface area contributed by atoms with E-state index in [0.717, 1.165) is 21.9 Å². The highest BCUT2D eigenvalue weighted by molar-refractivity contribution is 7.13. The minimum atomic E-state index is -0.658. The molecule has 1 aliphatic rings. The summed E-state index contributed by atoms with van der Waals surface area (Å²) in [6.07, 6.45) is 4.99. The Kier molecular flexibility index (Phi) is 5.92. The summed E-state index contributed by atoms with van der Waals surface area (Å²) in [6.45, 7) is 0.826. The summed E-state index contributed by atoms with van der Waals surface area (Å²) in [5.74, 6) is -0.547. The third-order valence-corrected chi connectivity index (χ3v) is 5.74. The van der Waals surface area contributed by atoms with Crippen molar-refractivity contribution in [2.24, 2.45) is 0 Å². The van der Waals surface area contributed by atoms with E-state index in [1.807, 2.05) is 0 Å². The number of hydrogen-bond acceptors (Lipinski definition) is 7. The van der Waals surface area contributed by atoms with E-state index in [0.29, 0.717) is 36.5 Å². The van der Waals surface area contributed by atoms with Crippen molar-refractivity contribution in [2.75, 3.05) is 11.9 Å². The molecule has 3 amide bonds. The fourth-order valence-corrected chi connectivity index (χ4v) is 4.13. The van der Waals surface area contributed by atoms with E-state index in [2.05, 4.69) is 10.3 Å². The van der Waals surface area contributed by atoms with Crippen molar-refractivity contribution in [1.29, 1.82) is 0 Å². The number of hydroxylamine groups is 1. The molecule has 0 bridgehead atoms. The van der Waals surface area contributed by atoms with Crippen LogP contribution in [-0.2, 0) is 17.8 Å². The molecule has 0 saturated carbocycles. The van der Waals surface area contributed by atoms with E-state index in [-0.39, 0.29) is 16.8 Å². The van der Waals surface area contributed by atoms with Crippen LogP contribution in [-0.4, -0.2) is 39.4 Å². The number of anilines is 1. The lowest BCUT2D eigenvalue weighted by Crippen LogP contribution is -2.35. The van der Waals surface area contributed by atoms with Gasteiger partial charge in [0.1, 0.15) is 5.76 Å². The van der Waals surface area contributed by atoms with Gasteiger partial charge in [0.25, 0.3) is 5.91 Å². The number of benzene rings is 1. The summed E-state index contributed by atoms with van der Waals surface area (Å²) in [5, 5.41) is 11.7. The number of fused-ring (bicyclic) bond motifs is 1. The molecule has 3 aromatic rings. The second kappa shape index (κ2) is 8.94. The van der Waals surface area contributed by atoms with Crippen LogP contribution in [0.2, 0.25) is 0 Å². The van der Waals surface area contributed by atoms with Gasteiger partial charge in [0.05, 0.1) is 18.5 Å². The first-order chi connectivity index (χ1) is 15.0. The Morgan fingerprint density at radius 3 is 2.71 bits per heavy atom. The standard InChI is InChI=1S/C21H18N4O5S/c26-18(8-7-15-2-1-11-30-15)22-14-5-3-13(4-6-14)21(28)25-10-9-16-17(12-25)31-20(23-16)19(27)24-29/h1-8,11,29H,9-10,12H2,(H,22,26)(H,24,27)/b8-7+. The Morgan fingerprint density at radius 1 is 1.19 bits per heavy atom. The first-order valence-corrected chi connectivity index (χ1v) is 10.2. The average Bonchev–Trinajstić information content (AvgIpc) is 3.46. The van der Waals surface area contributed by atoms with Crippen LogP contribution in [0.3, 0.4) is 0 Å². The number of thiazole rings is 1. The molecule has 0 atom stereocenters. The lowest BCUT2D eigenvalue weighted by atomic mass is 10.1. The summed E-state index contributed by atoms with van der Waals surface area (Å²) in [6, 6.07) is 10.1. The van der Waals surface area contributed by atoms with Crippen LogP contribution in [0.5, 0.6) is 0 Å². The molecule has 158 valence electrons. The maximum absolute atomic E-state index is 12.9. The van der Waals surface area contributed by atoms with Crippen LogP contribution in [0.25, 0.3) is 6.08 Å². The van der Waals surface area contributed by atoms with Crippen molar-refractivity contribution in [3.8, 4) is 0 Å². The highest BCUT2D eigenvalue weighted by Gasteiger charge is 2.26. The van der Waals surface area contributed by atoms with Crippen LogP contribution in [0.15, 0.2) is 53.2 Å². The number of carbonyl (C=O) groups is 3. The molecule has 10 heteroatoms. The van der Waals surface area contributed by atoms with Crippen molar-refractivity contribution >= 4 is 40.8 Å². The Hall–Kier alpha value is -3.76. The van der Waals surface area contributed by atoms with Crippen molar-refractivity contribution in [3.05, 3.63) is 75.6 Å². The highest BCUT2D eigenvalue weighted by atomic mass is 32.1. The molecular weight excluding hydrogens is 420 g/mol. The Labute approximate surface area is 181 Å². The van der Waals surface area contributed by atoms with E-state index in [1.54, 1.807) is 52.9 Å². The van der Waals surface area contributed by atoms with Crippen LogP contribution >= 0.6 is 11.3 Å². The Balaban J connectivity index is 1.37. The zero-order valence-corrected chi connectivity index (χ0v) is 17.0. The number of nitrogens with one attached hydrogen (secondary N) is 2. The summed E-state index contributed by atoms with van der Waals surface area (Å²) in [4.78, 5) is 43.1. The molecule has 0 fully saturated rings. The average molecular weight is 438 g/mol. The molecular formula is C21H18N4O5S. The van der Waals surface area contributed by atoms with Crippen LogP contribution in [0.1, 0.15) is 36.5 Å². The van der Waals surface area contributed by atoms with E-state index >= 15 is 0 Å². The number of nitrogens with zero attached hydrogens (tertiary/aromatic N) is 2. The van der Waals surface area contributed by atoms with Gasteiger partial charge in [-0.05, 0) is 42.5 Å². The molecule has 2 aromatic heterocycles. The lowest BCUT2D eigenvalue weighted by Gasteiger charge is -2.26. The normalized spacial score (nSPS) is 13.1. The van der Waals surface area contributed by atoms with Gasteiger partial charge < -0.3 is 14.6 Å². The molecule has 4 rings (SSSR count). The van der Waals surface area contributed by atoms with Gasteiger partial charge in [-0.1, -0.05) is 0 Å². The molecule has 1 aliphatic heterocycles. The predicted octanol–water partition coefficient (Wildman–Crippen LogP) is 2.71. The molecule has 0 spiro atoms. The zero-order valence-electron chi connectivity index (χ0n) is 16.2. The Bertz CT molecular complexity index is 1140. The third-order valence-electron chi connectivity index (χ3n) is 4.66. The zero-order chi connectivity index (χ0) is 21.8. The summed E-state index contributed by atoms with van der Waals surface area (Å²) in [7, 11) is 0. The number of aromatic nitrogens is 1. The predicted molar refractivity (Wildman–Crippen MR) is 113 cm³/mol. The molecule has 0 aliphatic carbocycles. The molecule has 31 heavy (non-hydrogen) atoms. The highest BCUT2D eigenvalue weighted by Crippen LogP contribution is 2.26. The van der Waals surface area contributed by atoms with Gasteiger partial charge >= 0.3 is 5.91 Å². The third kappa shape index (κ3) is 4.71. The molecule has 3 N–H and O–H groups in total. The van der Waals surface area contributed by atoms with Crippen LogP contribution in [0, 0.1) is 0 Å². The number of rotatable bonds is 5. The number of hydrogen-bond donors (Lipinski definition) is 3. The van der Waals surface area contributed by atoms with Gasteiger partial charge in [-0.15, -0.1) is 11.3 Å². The molecule has 0 unspecified atom stereocenters. The fraction of sp³-hybridized carbons (Fsp3) is 0.143. The molecule has 3 heterocycles. The van der Waals surface area contributed by atoms with Crippen LogP contribution in [0.4, 0.5) is 5.69 Å². The van der Waals surface area contributed by atoms with Gasteiger partial charge in [-0.2, -0.15) is 0 Å². The van der Waals surface area contributed by atoms with Crippen molar-refractivity contribution < 1.29 is 24.0 Å². The maximum Gasteiger partial charge on any atom is 0.303 e. The molecule has 0 radical (unpaired) electrons. The number of furan rings is 1. The number of carbonyl (C=O) groups excluding carboxylic acids is 3. The number of amides is 3. The van der Waals surface area contributed by atoms with E-state index < -0.39 is 5.91 Å². The van der Waals surface area contributed by atoms with Gasteiger partial charge in [-0.3, -0.25) is 19.6 Å². The van der Waals surface area contributed by atoms with Gasteiger partial charge in [0, 0.05) is 35.2 Å². The van der Waals surface area contributed by atoms with Crippen molar-refractivity contribution in [2.45, 2.75) is 13.0 Å². The van der Waals surface area contributed by atoms with Gasteiger partial charge in [0.15, 0.2) is 5.01 Å². The largest absolute Gasteiger partial charge is 0.465 e. The lowest BCUT2D eigenvalue weighted by molar-refractivity contribution is -0.111. The summed E-state index contributed by atoms with van der Waals surface area (Å²) in [5.41, 5.74) is 3.40. The fourth-order valence-electron chi connectivity index (χ4n) is 3.12. The first kappa shape index (κ1) is 20.5. The van der Waals surface area contributed by atoms with E-state index in [4.69, 9.17) is 9.62 Å². The molecule has 1 aromatic carbocycles. The maximum atomic E-state index is 12.9. The minimum Gasteiger partial charge on any atom is -0.465 e. The van der Waals surface area contributed by atoms with E-state index in [9.17, 15) is 14.4 Å². The Morgan fingerprint density at radius 2 is 2.00 bits per heavy atom. The SMILES string of the molecule is O=C(/C=C/c1ccco1)Nc1ccc(C(=O)N2CCc3nc(C(=O)NO)sc3C2)cc1. The summed E-state index contributed by atoms with van der Waals surface area (Å²) >= 11 is 1.16. The first-order valence-electron chi connectivity index (χ1n) is 9.38. The molecule has 0 saturated heterocycles.